The van der Waals surface area contributed by atoms with Crippen molar-refractivity contribution < 1.29 is 0 Å². The Morgan fingerprint density at radius 2 is 1.87 bits per heavy atom. The number of rotatable bonds is 5. The summed E-state index contributed by atoms with van der Waals surface area (Å²) in [6, 6.07) is 0. The number of nitrogens with zero attached hydrogens (tertiary/aromatic N) is 1. The van der Waals surface area contributed by atoms with E-state index in [1.54, 1.807) is 0 Å². The number of hydrogen-bond acceptors (Lipinski definition) is 2. The summed E-state index contributed by atoms with van der Waals surface area (Å²) in [7, 11) is 0. The second-order valence-electron chi connectivity index (χ2n) is 5.68. The molecule has 0 bridgehead atoms. The predicted molar refractivity (Wildman–Crippen MR) is 67.0 cm³/mol. The van der Waals surface area contributed by atoms with Gasteiger partial charge in [0, 0.05) is 18.6 Å². The zero-order valence-corrected chi connectivity index (χ0v) is 11.0. The van der Waals surface area contributed by atoms with Gasteiger partial charge in [0.05, 0.1) is 0 Å². The van der Waals surface area contributed by atoms with E-state index in [4.69, 9.17) is 5.73 Å². The molecule has 1 fully saturated rings. The van der Waals surface area contributed by atoms with Gasteiger partial charge in [-0.3, -0.25) is 0 Å². The fourth-order valence-corrected chi connectivity index (χ4v) is 2.61. The van der Waals surface area contributed by atoms with Gasteiger partial charge in [-0.2, -0.15) is 0 Å². The summed E-state index contributed by atoms with van der Waals surface area (Å²) in [5.74, 6) is 0. The van der Waals surface area contributed by atoms with Crippen LogP contribution in [0.15, 0.2) is 0 Å². The summed E-state index contributed by atoms with van der Waals surface area (Å²) < 4.78 is 0. The largest absolute Gasteiger partial charge is 0.324 e. The van der Waals surface area contributed by atoms with E-state index in [9.17, 15) is 0 Å². The first-order valence-corrected chi connectivity index (χ1v) is 6.48. The SMILES string of the molecule is CCC(C)(N)CN1CCC(CC)(CC)C1. The third kappa shape index (κ3) is 3.18. The molecular weight excluding hydrogens is 184 g/mol. The number of hydrogen-bond donors (Lipinski definition) is 1. The van der Waals surface area contributed by atoms with Gasteiger partial charge in [0.1, 0.15) is 0 Å². The highest BCUT2D eigenvalue weighted by molar-refractivity contribution is 4.91. The predicted octanol–water partition coefficient (Wildman–Crippen LogP) is 2.63. The molecule has 2 N–H and O–H groups in total. The molecule has 0 saturated carbocycles. The molecule has 1 saturated heterocycles. The molecule has 0 aromatic heterocycles. The summed E-state index contributed by atoms with van der Waals surface area (Å²) in [6.45, 7) is 12.6. The van der Waals surface area contributed by atoms with Crippen LogP contribution in [0, 0.1) is 5.41 Å². The van der Waals surface area contributed by atoms with Crippen molar-refractivity contribution in [2.24, 2.45) is 11.1 Å². The van der Waals surface area contributed by atoms with Crippen molar-refractivity contribution in [3.8, 4) is 0 Å². The molecule has 1 aliphatic heterocycles. The van der Waals surface area contributed by atoms with Crippen LogP contribution in [0.1, 0.15) is 53.4 Å². The Hall–Kier alpha value is -0.0800. The molecule has 2 heteroatoms. The first kappa shape index (κ1) is 13.0. The van der Waals surface area contributed by atoms with E-state index < -0.39 is 0 Å². The summed E-state index contributed by atoms with van der Waals surface area (Å²) in [5.41, 5.74) is 6.81. The van der Waals surface area contributed by atoms with Gasteiger partial charge < -0.3 is 10.6 Å². The standard InChI is InChI=1S/C13H28N2/c1-5-12(4,14)10-15-9-8-13(6-2,7-3)11-15/h5-11,14H2,1-4H3. The van der Waals surface area contributed by atoms with Crippen molar-refractivity contribution in [1.29, 1.82) is 0 Å². The summed E-state index contributed by atoms with van der Waals surface area (Å²) >= 11 is 0. The molecule has 90 valence electrons. The minimum Gasteiger partial charge on any atom is -0.324 e. The van der Waals surface area contributed by atoms with E-state index in [1.165, 1.54) is 32.4 Å². The van der Waals surface area contributed by atoms with Gasteiger partial charge >= 0.3 is 0 Å². The highest BCUT2D eigenvalue weighted by Gasteiger charge is 2.36. The third-order valence-electron chi connectivity index (χ3n) is 4.41. The van der Waals surface area contributed by atoms with Crippen molar-refractivity contribution in [3.05, 3.63) is 0 Å². The topological polar surface area (TPSA) is 29.3 Å². The molecule has 2 nitrogen and oxygen atoms in total. The summed E-state index contributed by atoms with van der Waals surface area (Å²) in [5, 5.41) is 0. The Kier molecular flexibility index (Phi) is 4.19. The van der Waals surface area contributed by atoms with E-state index in [-0.39, 0.29) is 5.54 Å². The minimum atomic E-state index is -0.00242. The van der Waals surface area contributed by atoms with Gasteiger partial charge in [0.25, 0.3) is 0 Å². The molecule has 1 heterocycles. The van der Waals surface area contributed by atoms with E-state index in [1.807, 2.05) is 0 Å². The molecule has 0 aromatic carbocycles. The Morgan fingerprint density at radius 1 is 1.27 bits per heavy atom. The summed E-state index contributed by atoms with van der Waals surface area (Å²) in [4.78, 5) is 2.57. The molecule has 1 aliphatic rings. The lowest BCUT2D eigenvalue weighted by Crippen LogP contribution is -2.47. The normalized spacial score (nSPS) is 25.4. The zero-order valence-electron chi connectivity index (χ0n) is 11.0. The molecule has 0 aromatic rings. The summed E-state index contributed by atoms with van der Waals surface area (Å²) in [6.07, 6.45) is 5.05. The fraction of sp³-hybridized carbons (Fsp3) is 1.00. The molecule has 0 aliphatic carbocycles. The van der Waals surface area contributed by atoms with Crippen molar-refractivity contribution in [2.45, 2.75) is 58.9 Å². The van der Waals surface area contributed by atoms with Crippen molar-refractivity contribution >= 4 is 0 Å². The Balaban J connectivity index is 2.49. The van der Waals surface area contributed by atoms with Crippen LogP contribution in [0.5, 0.6) is 0 Å². The van der Waals surface area contributed by atoms with Gasteiger partial charge in [-0.05, 0) is 44.6 Å². The lowest BCUT2D eigenvalue weighted by molar-refractivity contribution is 0.207. The molecule has 1 atom stereocenters. The second-order valence-corrected chi connectivity index (χ2v) is 5.68. The smallest absolute Gasteiger partial charge is 0.0252 e. The van der Waals surface area contributed by atoms with Crippen LogP contribution in [-0.4, -0.2) is 30.1 Å². The first-order valence-electron chi connectivity index (χ1n) is 6.48. The van der Waals surface area contributed by atoms with Crippen molar-refractivity contribution in [3.63, 3.8) is 0 Å². The lowest BCUT2D eigenvalue weighted by Gasteiger charge is -2.31. The van der Waals surface area contributed by atoms with Gasteiger partial charge in [-0.25, -0.2) is 0 Å². The Labute approximate surface area is 95.2 Å². The molecule has 0 spiro atoms. The monoisotopic (exact) mass is 212 g/mol. The van der Waals surface area contributed by atoms with Crippen LogP contribution < -0.4 is 5.73 Å². The average molecular weight is 212 g/mol. The zero-order chi connectivity index (χ0) is 11.5. The van der Waals surface area contributed by atoms with Crippen LogP contribution in [-0.2, 0) is 0 Å². The molecular formula is C13H28N2. The molecule has 0 radical (unpaired) electrons. The average Bonchev–Trinajstić information content (AvgIpc) is 2.62. The quantitative estimate of drug-likeness (QED) is 0.759. The minimum absolute atomic E-state index is 0.00242. The maximum absolute atomic E-state index is 6.23. The van der Waals surface area contributed by atoms with Gasteiger partial charge in [-0.1, -0.05) is 20.8 Å². The van der Waals surface area contributed by atoms with E-state index in [0.29, 0.717) is 5.41 Å². The van der Waals surface area contributed by atoms with Crippen LogP contribution in [0.25, 0.3) is 0 Å². The third-order valence-corrected chi connectivity index (χ3v) is 4.41. The maximum atomic E-state index is 6.23. The van der Waals surface area contributed by atoms with Gasteiger partial charge in [0.15, 0.2) is 0 Å². The van der Waals surface area contributed by atoms with Gasteiger partial charge in [0.2, 0.25) is 0 Å². The molecule has 15 heavy (non-hydrogen) atoms. The molecule has 0 amide bonds. The van der Waals surface area contributed by atoms with E-state index >= 15 is 0 Å². The number of nitrogens with two attached hydrogens (primary N) is 1. The van der Waals surface area contributed by atoms with Crippen molar-refractivity contribution in [1.82, 2.24) is 4.90 Å². The second kappa shape index (κ2) is 4.84. The number of likely N-dealkylation sites (tertiary alicyclic amines) is 1. The molecule has 1 rings (SSSR count). The van der Waals surface area contributed by atoms with E-state index in [0.717, 1.165) is 13.0 Å². The fourth-order valence-electron chi connectivity index (χ4n) is 2.61. The lowest BCUT2D eigenvalue weighted by atomic mass is 9.82. The van der Waals surface area contributed by atoms with Crippen LogP contribution >= 0.6 is 0 Å². The van der Waals surface area contributed by atoms with E-state index in [2.05, 4.69) is 32.6 Å². The maximum Gasteiger partial charge on any atom is 0.0252 e. The van der Waals surface area contributed by atoms with Crippen molar-refractivity contribution in [2.75, 3.05) is 19.6 Å². The highest BCUT2D eigenvalue weighted by atomic mass is 15.2. The first-order chi connectivity index (χ1) is 6.97. The van der Waals surface area contributed by atoms with Crippen LogP contribution in [0.4, 0.5) is 0 Å². The van der Waals surface area contributed by atoms with Crippen LogP contribution in [0.2, 0.25) is 0 Å². The Bertz CT molecular complexity index is 195. The highest BCUT2D eigenvalue weighted by Crippen LogP contribution is 2.37. The Morgan fingerprint density at radius 3 is 2.27 bits per heavy atom. The van der Waals surface area contributed by atoms with Gasteiger partial charge in [-0.15, -0.1) is 0 Å². The molecule has 1 unspecified atom stereocenters. The van der Waals surface area contributed by atoms with Crippen LogP contribution in [0.3, 0.4) is 0 Å².